The summed E-state index contributed by atoms with van der Waals surface area (Å²) in [7, 11) is 2.09. The standard InChI is InChI=1S/C16H32N2O/c1-14(2)11-18(12-15(3,4)19-14)13-16(10-17-5)8-6-7-9-16/h17H,6-13H2,1-5H3. The van der Waals surface area contributed by atoms with Crippen LogP contribution in [0, 0.1) is 5.41 Å². The van der Waals surface area contributed by atoms with Crippen molar-refractivity contribution in [3.8, 4) is 0 Å². The molecule has 0 amide bonds. The summed E-state index contributed by atoms with van der Waals surface area (Å²) in [5.74, 6) is 0. The second kappa shape index (κ2) is 5.34. The van der Waals surface area contributed by atoms with E-state index in [1.165, 1.54) is 32.2 Å². The Morgan fingerprint density at radius 1 is 1.00 bits per heavy atom. The van der Waals surface area contributed by atoms with Gasteiger partial charge in [-0.3, -0.25) is 4.90 Å². The highest BCUT2D eigenvalue weighted by molar-refractivity contribution is 4.95. The molecule has 112 valence electrons. The molecule has 0 radical (unpaired) electrons. The number of rotatable bonds is 4. The molecule has 3 heteroatoms. The summed E-state index contributed by atoms with van der Waals surface area (Å²) in [5.41, 5.74) is 0.445. The van der Waals surface area contributed by atoms with Crippen LogP contribution in [0.3, 0.4) is 0 Å². The minimum Gasteiger partial charge on any atom is -0.367 e. The zero-order chi connectivity index (χ0) is 14.1. The fourth-order valence-corrected chi connectivity index (χ4v) is 4.42. The average molecular weight is 268 g/mol. The van der Waals surface area contributed by atoms with Crippen LogP contribution < -0.4 is 5.32 Å². The third kappa shape index (κ3) is 3.93. The number of nitrogens with one attached hydrogen (secondary N) is 1. The molecule has 0 aromatic carbocycles. The predicted molar refractivity (Wildman–Crippen MR) is 80.5 cm³/mol. The molecule has 0 atom stereocenters. The molecule has 0 unspecified atom stereocenters. The first-order valence-corrected chi connectivity index (χ1v) is 7.83. The van der Waals surface area contributed by atoms with Crippen LogP contribution in [0.4, 0.5) is 0 Å². The van der Waals surface area contributed by atoms with Crippen molar-refractivity contribution in [1.82, 2.24) is 10.2 Å². The lowest BCUT2D eigenvalue weighted by Gasteiger charge is -2.49. The highest BCUT2D eigenvalue weighted by atomic mass is 16.5. The van der Waals surface area contributed by atoms with E-state index in [-0.39, 0.29) is 11.2 Å². The van der Waals surface area contributed by atoms with E-state index in [1.54, 1.807) is 0 Å². The fourth-order valence-electron chi connectivity index (χ4n) is 4.42. The first-order chi connectivity index (χ1) is 8.76. The molecule has 19 heavy (non-hydrogen) atoms. The van der Waals surface area contributed by atoms with Gasteiger partial charge in [0.05, 0.1) is 11.2 Å². The van der Waals surface area contributed by atoms with Crippen molar-refractivity contribution in [3.63, 3.8) is 0 Å². The highest BCUT2D eigenvalue weighted by Gasteiger charge is 2.42. The van der Waals surface area contributed by atoms with Gasteiger partial charge in [0.15, 0.2) is 0 Å². The highest BCUT2D eigenvalue weighted by Crippen LogP contribution is 2.40. The number of hydrogen-bond acceptors (Lipinski definition) is 3. The average Bonchev–Trinajstić information content (AvgIpc) is 2.61. The van der Waals surface area contributed by atoms with Gasteiger partial charge in [-0.15, -0.1) is 0 Å². The summed E-state index contributed by atoms with van der Waals surface area (Å²) in [6, 6.07) is 0. The summed E-state index contributed by atoms with van der Waals surface area (Å²) in [6.45, 7) is 13.4. The third-order valence-corrected chi connectivity index (χ3v) is 4.54. The van der Waals surface area contributed by atoms with E-state index in [2.05, 4.69) is 45.0 Å². The molecule has 2 rings (SSSR count). The molecule has 2 fully saturated rings. The Bertz CT molecular complexity index is 290. The molecule has 3 nitrogen and oxygen atoms in total. The SMILES string of the molecule is CNCC1(CN2CC(C)(C)OC(C)(C)C2)CCCC1. The van der Waals surface area contributed by atoms with Gasteiger partial charge >= 0.3 is 0 Å². The molecule has 0 spiro atoms. The molecule has 1 N–H and O–H groups in total. The van der Waals surface area contributed by atoms with Gasteiger partial charge in [0.25, 0.3) is 0 Å². The summed E-state index contributed by atoms with van der Waals surface area (Å²) in [6.07, 6.45) is 5.57. The Kier molecular flexibility index (Phi) is 4.29. The Morgan fingerprint density at radius 3 is 2.00 bits per heavy atom. The molecular weight excluding hydrogens is 236 g/mol. The zero-order valence-electron chi connectivity index (χ0n) is 13.5. The quantitative estimate of drug-likeness (QED) is 0.848. The summed E-state index contributed by atoms with van der Waals surface area (Å²) < 4.78 is 6.19. The molecular formula is C16H32N2O. The van der Waals surface area contributed by atoms with E-state index < -0.39 is 0 Å². The van der Waals surface area contributed by atoms with Crippen LogP contribution in [0.1, 0.15) is 53.4 Å². The summed E-state index contributed by atoms with van der Waals surface area (Å²) in [5, 5.41) is 3.42. The Hall–Kier alpha value is -0.120. The molecule has 2 aliphatic rings. The first kappa shape index (κ1) is 15.3. The minimum atomic E-state index is -0.0266. The second-order valence-corrected chi connectivity index (χ2v) is 8.00. The lowest BCUT2D eigenvalue weighted by Crippen LogP contribution is -2.59. The Labute approximate surface area is 119 Å². The van der Waals surface area contributed by atoms with Gasteiger partial charge in [0, 0.05) is 26.2 Å². The minimum absolute atomic E-state index is 0.0266. The normalized spacial score (nSPS) is 29.5. The van der Waals surface area contributed by atoms with Crippen molar-refractivity contribution in [2.24, 2.45) is 5.41 Å². The van der Waals surface area contributed by atoms with Gasteiger partial charge in [-0.05, 0) is 53.0 Å². The van der Waals surface area contributed by atoms with Crippen LogP contribution in [-0.2, 0) is 4.74 Å². The van der Waals surface area contributed by atoms with Gasteiger partial charge in [-0.1, -0.05) is 12.8 Å². The van der Waals surface area contributed by atoms with E-state index in [0.29, 0.717) is 5.41 Å². The first-order valence-electron chi connectivity index (χ1n) is 7.83. The maximum absolute atomic E-state index is 6.19. The van der Waals surface area contributed by atoms with E-state index in [9.17, 15) is 0 Å². The smallest absolute Gasteiger partial charge is 0.0760 e. The molecule has 0 bridgehead atoms. The largest absolute Gasteiger partial charge is 0.367 e. The van der Waals surface area contributed by atoms with E-state index in [1.807, 2.05) is 0 Å². The van der Waals surface area contributed by atoms with Crippen molar-refractivity contribution < 1.29 is 4.74 Å². The maximum atomic E-state index is 6.19. The van der Waals surface area contributed by atoms with E-state index in [0.717, 1.165) is 19.6 Å². The Morgan fingerprint density at radius 2 is 1.53 bits per heavy atom. The van der Waals surface area contributed by atoms with Gasteiger partial charge in [-0.25, -0.2) is 0 Å². The predicted octanol–water partition coefficient (Wildman–Crippen LogP) is 2.66. The molecule has 1 saturated carbocycles. The maximum Gasteiger partial charge on any atom is 0.0760 e. The van der Waals surface area contributed by atoms with Gasteiger partial charge in [0.2, 0.25) is 0 Å². The Balaban J connectivity index is 2.04. The zero-order valence-corrected chi connectivity index (χ0v) is 13.5. The monoisotopic (exact) mass is 268 g/mol. The van der Waals surface area contributed by atoms with Crippen LogP contribution in [0.2, 0.25) is 0 Å². The van der Waals surface area contributed by atoms with Crippen molar-refractivity contribution in [2.75, 3.05) is 33.2 Å². The number of nitrogens with zero attached hydrogens (tertiary/aromatic N) is 1. The van der Waals surface area contributed by atoms with Crippen LogP contribution >= 0.6 is 0 Å². The number of ether oxygens (including phenoxy) is 1. The number of hydrogen-bond donors (Lipinski definition) is 1. The van der Waals surface area contributed by atoms with Crippen LogP contribution in [-0.4, -0.2) is 49.3 Å². The molecule has 1 heterocycles. The van der Waals surface area contributed by atoms with Gasteiger partial charge < -0.3 is 10.1 Å². The van der Waals surface area contributed by atoms with Crippen LogP contribution in [0.15, 0.2) is 0 Å². The fraction of sp³-hybridized carbons (Fsp3) is 1.00. The van der Waals surface area contributed by atoms with Gasteiger partial charge in [-0.2, -0.15) is 0 Å². The van der Waals surface area contributed by atoms with Crippen molar-refractivity contribution in [1.29, 1.82) is 0 Å². The van der Waals surface area contributed by atoms with Crippen LogP contribution in [0.5, 0.6) is 0 Å². The number of morpholine rings is 1. The van der Waals surface area contributed by atoms with Crippen molar-refractivity contribution in [3.05, 3.63) is 0 Å². The third-order valence-electron chi connectivity index (χ3n) is 4.54. The molecule has 1 saturated heterocycles. The summed E-state index contributed by atoms with van der Waals surface area (Å²) >= 11 is 0. The summed E-state index contributed by atoms with van der Waals surface area (Å²) in [4.78, 5) is 2.64. The molecule has 0 aromatic heterocycles. The second-order valence-electron chi connectivity index (χ2n) is 8.00. The van der Waals surface area contributed by atoms with E-state index >= 15 is 0 Å². The lowest BCUT2D eigenvalue weighted by molar-refractivity contribution is -0.184. The molecule has 1 aliphatic carbocycles. The molecule has 1 aliphatic heterocycles. The van der Waals surface area contributed by atoms with Gasteiger partial charge in [0.1, 0.15) is 0 Å². The van der Waals surface area contributed by atoms with Crippen LogP contribution in [0.25, 0.3) is 0 Å². The lowest BCUT2D eigenvalue weighted by atomic mass is 9.84. The van der Waals surface area contributed by atoms with Crippen molar-refractivity contribution >= 4 is 0 Å². The molecule has 0 aromatic rings. The van der Waals surface area contributed by atoms with Crippen molar-refractivity contribution in [2.45, 2.75) is 64.6 Å². The van der Waals surface area contributed by atoms with E-state index in [4.69, 9.17) is 4.74 Å². The topological polar surface area (TPSA) is 24.5 Å².